The van der Waals surface area contributed by atoms with E-state index in [2.05, 4.69) is 15.4 Å². The maximum atomic E-state index is 9.41. The van der Waals surface area contributed by atoms with Gasteiger partial charge in [-0.15, -0.1) is 0 Å². The van der Waals surface area contributed by atoms with E-state index in [0.29, 0.717) is 12.1 Å². The molecule has 0 bridgehead atoms. The van der Waals surface area contributed by atoms with Crippen molar-refractivity contribution in [1.29, 1.82) is 0 Å². The molecule has 1 unspecified atom stereocenters. The van der Waals surface area contributed by atoms with Crippen LogP contribution in [0.3, 0.4) is 0 Å². The van der Waals surface area contributed by atoms with Crippen LogP contribution in [-0.4, -0.2) is 44.4 Å². The molecule has 0 spiro atoms. The highest BCUT2D eigenvalue weighted by Gasteiger charge is 2.35. The summed E-state index contributed by atoms with van der Waals surface area (Å²) in [6.45, 7) is -0.171. The fraction of sp³-hybridized carbons (Fsp3) is 0.714. The molecule has 2 heterocycles. The number of aromatic amines is 1. The minimum Gasteiger partial charge on any atom is -0.394 e. The van der Waals surface area contributed by atoms with E-state index in [0.717, 1.165) is 0 Å². The lowest BCUT2D eigenvalue weighted by Gasteiger charge is -2.09. The molecule has 0 aliphatic carbocycles. The highest BCUT2D eigenvalue weighted by Crippen LogP contribution is 2.30. The number of H-pyrrole nitrogens is 1. The Morgan fingerprint density at radius 3 is 3.08 bits per heavy atom. The van der Waals surface area contributed by atoms with Crippen LogP contribution in [0.25, 0.3) is 0 Å². The molecule has 72 valence electrons. The van der Waals surface area contributed by atoms with Crippen molar-refractivity contribution in [1.82, 2.24) is 15.4 Å². The second kappa shape index (κ2) is 3.41. The molecule has 6 nitrogen and oxygen atoms in total. The third-order valence-electron chi connectivity index (χ3n) is 2.17. The summed E-state index contributed by atoms with van der Waals surface area (Å²) in [6.07, 6.45) is 0.633. The molecule has 0 saturated carbocycles. The van der Waals surface area contributed by atoms with Crippen LogP contribution in [0.5, 0.6) is 0 Å². The topological polar surface area (TPSA) is 91.3 Å². The third kappa shape index (κ3) is 1.55. The van der Waals surface area contributed by atoms with Gasteiger partial charge >= 0.3 is 0 Å². The van der Waals surface area contributed by atoms with Gasteiger partial charge in [0, 0.05) is 6.42 Å². The van der Waals surface area contributed by atoms with Gasteiger partial charge in [-0.2, -0.15) is 15.4 Å². The predicted molar refractivity (Wildman–Crippen MR) is 41.7 cm³/mol. The van der Waals surface area contributed by atoms with Gasteiger partial charge in [0.25, 0.3) is 0 Å². The fourth-order valence-corrected chi connectivity index (χ4v) is 1.45. The second-order valence-corrected chi connectivity index (χ2v) is 3.04. The fourth-order valence-electron chi connectivity index (χ4n) is 1.45. The van der Waals surface area contributed by atoms with Crippen molar-refractivity contribution in [3.05, 3.63) is 11.9 Å². The van der Waals surface area contributed by atoms with Gasteiger partial charge in [0.1, 0.15) is 17.9 Å². The van der Waals surface area contributed by atoms with E-state index >= 15 is 0 Å². The Hall–Kier alpha value is -0.980. The van der Waals surface area contributed by atoms with Crippen LogP contribution in [0.2, 0.25) is 0 Å². The molecule has 1 aliphatic heterocycles. The number of ether oxygens (including phenoxy) is 1. The van der Waals surface area contributed by atoms with Gasteiger partial charge < -0.3 is 14.9 Å². The molecule has 2 rings (SSSR count). The summed E-state index contributed by atoms with van der Waals surface area (Å²) in [7, 11) is 0. The summed E-state index contributed by atoms with van der Waals surface area (Å²) in [6, 6.07) is 0. The number of hydrogen-bond acceptors (Lipinski definition) is 5. The minimum atomic E-state index is -0.619. The van der Waals surface area contributed by atoms with Crippen molar-refractivity contribution in [3.63, 3.8) is 0 Å². The number of hydrogen-bond donors (Lipinski definition) is 3. The molecule has 1 fully saturated rings. The molecule has 0 amide bonds. The molecular formula is C7H11N3O3. The first kappa shape index (κ1) is 8.61. The molecular weight excluding hydrogens is 174 g/mol. The van der Waals surface area contributed by atoms with Crippen LogP contribution in [0, 0.1) is 0 Å². The predicted octanol–water partition coefficient (Wildman–Crippen LogP) is -1.01. The number of rotatable bonds is 2. The third-order valence-corrected chi connectivity index (χ3v) is 2.17. The maximum Gasteiger partial charge on any atom is 0.111 e. The van der Waals surface area contributed by atoms with Crippen molar-refractivity contribution in [3.8, 4) is 0 Å². The Balaban J connectivity index is 2.05. The van der Waals surface area contributed by atoms with E-state index in [1.165, 1.54) is 0 Å². The van der Waals surface area contributed by atoms with Gasteiger partial charge in [0.15, 0.2) is 0 Å². The van der Waals surface area contributed by atoms with Crippen molar-refractivity contribution in [2.45, 2.75) is 24.7 Å². The first-order valence-electron chi connectivity index (χ1n) is 4.11. The zero-order valence-corrected chi connectivity index (χ0v) is 6.92. The van der Waals surface area contributed by atoms with E-state index in [1.54, 1.807) is 6.20 Å². The quantitative estimate of drug-likeness (QED) is 0.549. The first-order chi connectivity index (χ1) is 6.31. The highest BCUT2D eigenvalue weighted by atomic mass is 16.5. The average molecular weight is 185 g/mol. The van der Waals surface area contributed by atoms with Crippen molar-refractivity contribution in [2.24, 2.45) is 0 Å². The van der Waals surface area contributed by atoms with Crippen LogP contribution in [0.1, 0.15) is 18.2 Å². The van der Waals surface area contributed by atoms with Gasteiger partial charge in [-0.25, -0.2) is 0 Å². The second-order valence-electron chi connectivity index (χ2n) is 3.04. The highest BCUT2D eigenvalue weighted by molar-refractivity contribution is 5.01. The molecule has 3 atom stereocenters. The SMILES string of the molecule is OC[C@H]1OC(c2cn[nH]n2)C[C@@H]1O. The van der Waals surface area contributed by atoms with E-state index in [1.807, 2.05) is 0 Å². The summed E-state index contributed by atoms with van der Waals surface area (Å²) in [4.78, 5) is 0. The molecule has 1 aliphatic rings. The Morgan fingerprint density at radius 1 is 1.69 bits per heavy atom. The molecule has 13 heavy (non-hydrogen) atoms. The zero-order valence-electron chi connectivity index (χ0n) is 6.92. The molecule has 6 heteroatoms. The van der Waals surface area contributed by atoms with Crippen LogP contribution in [0.4, 0.5) is 0 Å². The average Bonchev–Trinajstić information content (AvgIpc) is 2.71. The molecule has 1 aromatic rings. The lowest BCUT2D eigenvalue weighted by atomic mass is 10.1. The molecule has 0 radical (unpaired) electrons. The standard InChI is InChI=1S/C7H11N3O3/c11-3-7-5(12)1-6(13-7)4-2-8-10-9-4/h2,5-7,11-12H,1,3H2,(H,8,9,10)/t5-,6?,7+/m0/s1. The van der Waals surface area contributed by atoms with Gasteiger partial charge in [-0.1, -0.05) is 0 Å². The number of aliphatic hydroxyl groups excluding tert-OH is 2. The van der Waals surface area contributed by atoms with Crippen LogP contribution >= 0.6 is 0 Å². The largest absolute Gasteiger partial charge is 0.394 e. The lowest BCUT2D eigenvalue weighted by Crippen LogP contribution is -2.24. The van der Waals surface area contributed by atoms with E-state index in [-0.39, 0.29) is 12.7 Å². The van der Waals surface area contributed by atoms with Gasteiger partial charge in [-0.05, 0) is 0 Å². The Labute approximate surface area is 74.5 Å². The Morgan fingerprint density at radius 2 is 2.54 bits per heavy atom. The van der Waals surface area contributed by atoms with Crippen LogP contribution in [0.15, 0.2) is 6.20 Å². The Bertz CT molecular complexity index is 264. The number of nitrogens with zero attached hydrogens (tertiary/aromatic N) is 2. The van der Waals surface area contributed by atoms with E-state index in [4.69, 9.17) is 9.84 Å². The lowest BCUT2D eigenvalue weighted by molar-refractivity contribution is -0.0236. The minimum absolute atomic E-state index is 0.171. The maximum absolute atomic E-state index is 9.41. The first-order valence-corrected chi connectivity index (χ1v) is 4.11. The Kier molecular flexibility index (Phi) is 2.26. The number of aromatic nitrogens is 3. The summed E-state index contributed by atoms with van der Waals surface area (Å²) in [5.74, 6) is 0. The summed E-state index contributed by atoms with van der Waals surface area (Å²) in [5.41, 5.74) is 0.662. The molecule has 1 saturated heterocycles. The van der Waals surface area contributed by atoms with Crippen molar-refractivity contribution in [2.75, 3.05) is 6.61 Å². The number of aliphatic hydroxyl groups is 2. The van der Waals surface area contributed by atoms with Crippen molar-refractivity contribution >= 4 is 0 Å². The van der Waals surface area contributed by atoms with Gasteiger partial charge in [0.05, 0.1) is 18.9 Å². The molecule has 3 N–H and O–H groups in total. The smallest absolute Gasteiger partial charge is 0.111 e. The summed E-state index contributed by atoms with van der Waals surface area (Å²) in [5, 5.41) is 28.2. The van der Waals surface area contributed by atoms with E-state index < -0.39 is 12.2 Å². The van der Waals surface area contributed by atoms with Gasteiger partial charge in [0.2, 0.25) is 0 Å². The van der Waals surface area contributed by atoms with E-state index in [9.17, 15) is 5.11 Å². The molecule has 0 aromatic carbocycles. The normalized spacial score (nSPS) is 33.8. The molecule has 1 aromatic heterocycles. The summed E-state index contributed by atoms with van der Waals surface area (Å²) < 4.78 is 5.34. The number of nitrogens with one attached hydrogen (secondary N) is 1. The van der Waals surface area contributed by atoms with Crippen LogP contribution in [-0.2, 0) is 4.74 Å². The van der Waals surface area contributed by atoms with Crippen LogP contribution < -0.4 is 0 Å². The monoisotopic (exact) mass is 185 g/mol. The van der Waals surface area contributed by atoms with Gasteiger partial charge in [-0.3, -0.25) is 0 Å². The van der Waals surface area contributed by atoms with Crippen molar-refractivity contribution < 1.29 is 14.9 Å². The summed E-state index contributed by atoms with van der Waals surface area (Å²) >= 11 is 0. The zero-order chi connectivity index (χ0) is 9.26.